The van der Waals surface area contributed by atoms with Crippen LogP contribution in [0.5, 0.6) is 0 Å². The third kappa shape index (κ3) is 2.34. The number of rotatable bonds is 4. The van der Waals surface area contributed by atoms with Gasteiger partial charge >= 0.3 is 0 Å². The minimum Gasteiger partial charge on any atom is -0.390 e. The standard InChI is InChI=1S/C14H20N2O/c1-4-14(3,17)10-12-11-8-6-7-9-13(11)16(5-2)15-12/h6-9,17H,4-5,10H2,1-3H3. The van der Waals surface area contributed by atoms with E-state index in [2.05, 4.69) is 24.2 Å². The first kappa shape index (κ1) is 12.1. The number of hydrogen-bond acceptors (Lipinski definition) is 2. The van der Waals surface area contributed by atoms with Crippen molar-refractivity contribution in [2.45, 2.75) is 45.8 Å². The minimum atomic E-state index is -0.671. The molecule has 1 heterocycles. The van der Waals surface area contributed by atoms with Crippen molar-refractivity contribution in [3.63, 3.8) is 0 Å². The molecular weight excluding hydrogens is 212 g/mol. The molecule has 0 aliphatic rings. The minimum absolute atomic E-state index is 0.608. The zero-order chi connectivity index (χ0) is 12.5. The van der Waals surface area contributed by atoms with Gasteiger partial charge in [0.2, 0.25) is 0 Å². The molecule has 3 heteroatoms. The molecule has 1 aromatic carbocycles. The zero-order valence-corrected chi connectivity index (χ0v) is 10.8. The largest absolute Gasteiger partial charge is 0.390 e. The first-order valence-corrected chi connectivity index (χ1v) is 6.24. The molecule has 0 fully saturated rings. The summed E-state index contributed by atoms with van der Waals surface area (Å²) in [6.07, 6.45) is 1.34. The van der Waals surface area contributed by atoms with Crippen LogP contribution in [0.15, 0.2) is 24.3 Å². The molecule has 1 unspecified atom stereocenters. The van der Waals surface area contributed by atoms with Crippen LogP contribution < -0.4 is 0 Å². The SMILES string of the molecule is CCn1nc(CC(C)(O)CC)c2ccccc21. The van der Waals surface area contributed by atoms with Gasteiger partial charge in [-0.05, 0) is 26.3 Å². The summed E-state index contributed by atoms with van der Waals surface area (Å²) in [5.74, 6) is 0. The predicted octanol–water partition coefficient (Wildman–Crippen LogP) is 2.76. The van der Waals surface area contributed by atoms with E-state index in [1.165, 1.54) is 0 Å². The van der Waals surface area contributed by atoms with Crippen LogP contribution in [0.4, 0.5) is 0 Å². The van der Waals surface area contributed by atoms with Crippen molar-refractivity contribution in [1.82, 2.24) is 9.78 Å². The topological polar surface area (TPSA) is 38.0 Å². The summed E-state index contributed by atoms with van der Waals surface area (Å²) in [4.78, 5) is 0. The summed E-state index contributed by atoms with van der Waals surface area (Å²) in [5, 5.41) is 15.9. The van der Waals surface area contributed by atoms with Crippen LogP contribution in [-0.2, 0) is 13.0 Å². The van der Waals surface area contributed by atoms with Crippen LogP contribution in [0.3, 0.4) is 0 Å². The van der Waals surface area contributed by atoms with E-state index < -0.39 is 5.60 Å². The molecule has 0 amide bonds. The Morgan fingerprint density at radius 2 is 2.00 bits per heavy atom. The monoisotopic (exact) mass is 232 g/mol. The maximum absolute atomic E-state index is 10.2. The molecule has 1 N–H and O–H groups in total. The highest BCUT2D eigenvalue weighted by atomic mass is 16.3. The molecule has 0 aliphatic heterocycles. The Morgan fingerprint density at radius 3 is 2.65 bits per heavy atom. The van der Waals surface area contributed by atoms with Gasteiger partial charge < -0.3 is 5.11 Å². The third-order valence-corrected chi connectivity index (χ3v) is 3.34. The van der Waals surface area contributed by atoms with Gasteiger partial charge in [0.25, 0.3) is 0 Å². The van der Waals surface area contributed by atoms with Crippen molar-refractivity contribution in [1.29, 1.82) is 0 Å². The Labute approximate surface area is 102 Å². The van der Waals surface area contributed by atoms with E-state index in [1.807, 2.05) is 30.7 Å². The maximum Gasteiger partial charge on any atom is 0.0731 e. The quantitative estimate of drug-likeness (QED) is 0.880. The van der Waals surface area contributed by atoms with E-state index in [1.54, 1.807) is 0 Å². The molecule has 1 atom stereocenters. The second kappa shape index (κ2) is 4.49. The Balaban J connectivity index is 2.47. The Hall–Kier alpha value is -1.35. The fourth-order valence-corrected chi connectivity index (χ4v) is 2.05. The van der Waals surface area contributed by atoms with Crippen molar-refractivity contribution in [2.75, 3.05) is 0 Å². The normalized spacial score (nSPS) is 15.1. The van der Waals surface area contributed by atoms with Gasteiger partial charge in [0.15, 0.2) is 0 Å². The van der Waals surface area contributed by atoms with E-state index >= 15 is 0 Å². The second-order valence-corrected chi connectivity index (χ2v) is 4.81. The van der Waals surface area contributed by atoms with Gasteiger partial charge in [-0.25, -0.2) is 0 Å². The molecule has 0 saturated carbocycles. The van der Waals surface area contributed by atoms with Gasteiger partial charge in [-0.1, -0.05) is 25.1 Å². The first-order valence-electron chi connectivity index (χ1n) is 6.24. The van der Waals surface area contributed by atoms with Crippen LogP contribution in [-0.4, -0.2) is 20.5 Å². The van der Waals surface area contributed by atoms with Crippen molar-refractivity contribution < 1.29 is 5.11 Å². The van der Waals surface area contributed by atoms with Crippen molar-refractivity contribution in [3.05, 3.63) is 30.0 Å². The highest BCUT2D eigenvalue weighted by molar-refractivity contribution is 5.82. The lowest BCUT2D eigenvalue weighted by molar-refractivity contribution is 0.0556. The average molecular weight is 232 g/mol. The zero-order valence-electron chi connectivity index (χ0n) is 10.8. The van der Waals surface area contributed by atoms with Gasteiger partial charge in [0, 0.05) is 18.4 Å². The Morgan fingerprint density at radius 1 is 1.29 bits per heavy atom. The van der Waals surface area contributed by atoms with Gasteiger partial charge in [0.05, 0.1) is 16.8 Å². The van der Waals surface area contributed by atoms with Gasteiger partial charge in [-0.15, -0.1) is 0 Å². The third-order valence-electron chi connectivity index (χ3n) is 3.34. The summed E-state index contributed by atoms with van der Waals surface area (Å²) in [5.41, 5.74) is 1.47. The molecule has 1 aromatic heterocycles. The van der Waals surface area contributed by atoms with Gasteiger partial charge in [-0.2, -0.15) is 5.10 Å². The van der Waals surface area contributed by atoms with E-state index in [0.29, 0.717) is 6.42 Å². The summed E-state index contributed by atoms with van der Waals surface area (Å²) in [6, 6.07) is 8.21. The second-order valence-electron chi connectivity index (χ2n) is 4.81. The van der Waals surface area contributed by atoms with E-state index in [4.69, 9.17) is 0 Å². The number of benzene rings is 1. The molecule has 2 aromatic rings. The number of nitrogens with zero attached hydrogens (tertiary/aromatic N) is 2. The first-order chi connectivity index (χ1) is 8.07. The Kier molecular flexibility index (Phi) is 3.20. The molecular formula is C14H20N2O. The number of para-hydroxylation sites is 1. The van der Waals surface area contributed by atoms with Crippen LogP contribution in [0.25, 0.3) is 10.9 Å². The molecule has 92 valence electrons. The van der Waals surface area contributed by atoms with Crippen molar-refractivity contribution >= 4 is 10.9 Å². The summed E-state index contributed by atoms with van der Waals surface area (Å²) in [6.45, 7) is 6.81. The smallest absolute Gasteiger partial charge is 0.0731 e. The Bertz CT molecular complexity index is 514. The molecule has 0 spiro atoms. The van der Waals surface area contributed by atoms with E-state index in [-0.39, 0.29) is 0 Å². The lowest BCUT2D eigenvalue weighted by Crippen LogP contribution is -2.26. The number of aromatic nitrogens is 2. The van der Waals surface area contributed by atoms with Gasteiger partial charge in [0.1, 0.15) is 0 Å². The van der Waals surface area contributed by atoms with E-state index in [0.717, 1.165) is 29.6 Å². The summed E-state index contributed by atoms with van der Waals surface area (Å²) < 4.78 is 2.00. The molecule has 17 heavy (non-hydrogen) atoms. The van der Waals surface area contributed by atoms with Crippen LogP contribution in [0.2, 0.25) is 0 Å². The van der Waals surface area contributed by atoms with Gasteiger partial charge in [-0.3, -0.25) is 4.68 Å². The maximum atomic E-state index is 10.2. The van der Waals surface area contributed by atoms with Crippen LogP contribution in [0.1, 0.15) is 32.9 Å². The van der Waals surface area contributed by atoms with Crippen molar-refractivity contribution in [2.24, 2.45) is 0 Å². The lowest BCUT2D eigenvalue weighted by Gasteiger charge is -2.19. The highest BCUT2D eigenvalue weighted by Crippen LogP contribution is 2.23. The summed E-state index contributed by atoms with van der Waals surface area (Å²) >= 11 is 0. The molecule has 0 radical (unpaired) electrons. The van der Waals surface area contributed by atoms with Crippen LogP contribution in [0, 0.1) is 0 Å². The molecule has 0 aliphatic carbocycles. The molecule has 2 rings (SSSR count). The fourth-order valence-electron chi connectivity index (χ4n) is 2.05. The number of aliphatic hydroxyl groups is 1. The van der Waals surface area contributed by atoms with E-state index in [9.17, 15) is 5.11 Å². The molecule has 3 nitrogen and oxygen atoms in total. The van der Waals surface area contributed by atoms with Crippen LogP contribution >= 0.6 is 0 Å². The number of aryl methyl sites for hydroxylation is 1. The number of hydrogen-bond donors (Lipinski definition) is 1. The summed E-state index contributed by atoms with van der Waals surface area (Å²) in [7, 11) is 0. The lowest BCUT2D eigenvalue weighted by atomic mass is 9.96. The van der Waals surface area contributed by atoms with Crippen molar-refractivity contribution in [3.8, 4) is 0 Å². The number of fused-ring (bicyclic) bond motifs is 1. The fraction of sp³-hybridized carbons (Fsp3) is 0.500. The molecule has 0 saturated heterocycles. The predicted molar refractivity (Wildman–Crippen MR) is 70.0 cm³/mol. The average Bonchev–Trinajstić information content (AvgIpc) is 2.67. The highest BCUT2D eigenvalue weighted by Gasteiger charge is 2.21. The molecule has 0 bridgehead atoms.